The van der Waals surface area contributed by atoms with Gasteiger partial charge in [-0.2, -0.15) is 13.2 Å². The third-order valence-electron chi connectivity index (χ3n) is 3.68. The van der Waals surface area contributed by atoms with Gasteiger partial charge in [0.05, 0.1) is 6.54 Å². The number of furan rings is 1. The van der Waals surface area contributed by atoms with Gasteiger partial charge in [-0.3, -0.25) is 9.69 Å². The molecular formula is C17H20F3NO6. The molecule has 150 valence electrons. The van der Waals surface area contributed by atoms with Crippen LogP contribution in [0.2, 0.25) is 0 Å². The largest absolute Gasteiger partial charge is 0.491 e. The highest BCUT2D eigenvalue weighted by Crippen LogP contribution is 2.24. The predicted octanol–water partition coefficient (Wildman–Crippen LogP) is 2.83. The summed E-state index contributed by atoms with van der Waals surface area (Å²) in [6.07, 6.45) is -3.91. The zero-order valence-electron chi connectivity index (χ0n) is 15.1. The summed E-state index contributed by atoms with van der Waals surface area (Å²) >= 11 is 0. The van der Waals surface area contributed by atoms with Gasteiger partial charge in [-0.05, 0) is 52.3 Å². The highest BCUT2D eigenvalue weighted by Gasteiger charge is 2.43. The maximum Gasteiger partial charge on any atom is 0.491 e. The van der Waals surface area contributed by atoms with E-state index >= 15 is 0 Å². The van der Waals surface area contributed by atoms with Crippen LogP contribution in [0, 0.1) is 0 Å². The Morgan fingerprint density at radius 1 is 1.22 bits per heavy atom. The molecule has 0 saturated carbocycles. The molecule has 1 aliphatic heterocycles. The average Bonchev–Trinajstić information content (AvgIpc) is 3.14. The van der Waals surface area contributed by atoms with Gasteiger partial charge < -0.3 is 13.9 Å². The van der Waals surface area contributed by atoms with E-state index < -0.39 is 35.5 Å². The first-order valence-electron chi connectivity index (χ1n) is 8.26. The first kappa shape index (κ1) is 20.9. The second kappa shape index (κ2) is 7.71. The molecule has 0 N–H and O–H groups in total. The molecule has 1 aliphatic rings. The quantitative estimate of drug-likeness (QED) is 0.576. The first-order valence-corrected chi connectivity index (χ1v) is 8.26. The molecule has 0 spiro atoms. The number of halogens is 3. The Balaban J connectivity index is 1.99. The molecule has 0 unspecified atom stereocenters. The van der Waals surface area contributed by atoms with Gasteiger partial charge in [0, 0.05) is 0 Å². The van der Waals surface area contributed by atoms with Crippen molar-refractivity contribution < 1.29 is 41.4 Å². The van der Waals surface area contributed by atoms with Crippen molar-refractivity contribution in [1.29, 1.82) is 0 Å². The summed E-state index contributed by atoms with van der Waals surface area (Å²) in [5, 5.41) is 0. The molecule has 7 nitrogen and oxygen atoms in total. The first-order chi connectivity index (χ1) is 12.4. The van der Waals surface area contributed by atoms with Gasteiger partial charge in [-0.1, -0.05) is 0 Å². The number of hydrogen-bond acceptors (Lipinski definition) is 7. The average molecular weight is 391 g/mol. The van der Waals surface area contributed by atoms with Crippen LogP contribution in [0.4, 0.5) is 13.2 Å². The van der Waals surface area contributed by atoms with Gasteiger partial charge in [-0.15, -0.1) is 0 Å². The van der Waals surface area contributed by atoms with E-state index in [-0.39, 0.29) is 18.3 Å². The van der Waals surface area contributed by atoms with Crippen molar-refractivity contribution >= 4 is 17.9 Å². The minimum Gasteiger partial charge on any atom is -0.459 e. The number of carbonyl (C=O) groups is 3. The van der Waals surface area contributed by atoms with E-state index in [1.165, 1.54) is 6.07 Å². The topological polar surface area (TPSA) is 86.0 Å². The summed E-state index contributed by atoms with van der Waals surface area (Å²) in [5.41, 5.74) is -0.627. The van der Waals surface area contributed by atoms with Gasteiger partial charge in [0.15, 0.2) is 0 Å². The normalized spacial score (nSPS) is 18.4. The van der Waals surface area contributed by atoms with E-state index in [1.807, 2.05) is 0 Å². The lowest BCUT2D eigenvalue weighted by Crippen LogP contribution is -2.40. The lowest BCUT2D eigenvalue weighted by Gasteiger charge is -2.26. The molecule has 1 aromatic heterocycles. The summed E-state index contributed by atoms with van der Waals surface area (Å²) < 4.78 is 50.6. The zero-order valence-corrected chi connectivity index (χ0v) is 15.1. The van der Waals surface area contributed by atoms with Crippen molar-refractivity contribution in [2.45, 2.75) is 58.0 Å². The van der Waals surface area contributed by atoms with E-state index in [0.29, 0.717) is 13.0 Å². The van der Waals surface area contributed by atoms with Gasteiger partial charge >= 0.3 is 24.1 Å². The van der Waals surface area contributed by atoms with Crippen molar-refractivity contribution in [2.75, 3.05) is 6.54 Å². The number of ether oxygens (including phenoxy) is 2. The Bertz CT molecular complexity index is 719. The van der Waals surface area contributed by atoms with Crippen LogP contribution in [0.5, 0.6) is 0 Å². The van der Waals surface area contributed by atoms with Crippen molar-refractivity contribution in [3.8, 4) is 0 Å². The summed E-state index contributed by atoms with van der Waals surface area (Å²) in [6, 6.07) is 2.01. The second-order valence-electron chi connectivity index (χ2n) is 7.10. The van der Waals surface area contributed by atoms with Crippen LogP contribution >= 0.6 is 0 Å². The van der Waals surface area contributed by atoms with E-state index in [4.69, 9.17) is 9.15 Å². The molecule has 10 heteroatoms. The Labute approximate surface area is 153 Å². The van der Waals surface area contributed by atoms with Gasteiger partial charge in [0.25, 0.3) is 0 Å². The molecular weight excluding hydrogens is 371 g/mol. The third-order valence-corrected chi connectivity index (χ3v) is 3.68. The zero-order chi connectivity index (χ0) is 20.4. The van der Waals surface area contributed by atoms with Crippen LogP contribution in [0.3, 0.4) is 0 Å². The number of hydrogen-bond donors (Lipinski definition) is 0. The Kier molecular flexibility index (Phi) is 5.98. The van der Waals surface area contributed by atoms with Crippen LogP contribution < -0.4 is 0 Å². The number of nitrogens with zero attached hydrogens (tertiary/aromatic N) is 1. The van der Waals surface area contributed by atoms with Gasteiger partial charge in [0.1, 0.15) is 17.4 Å². The van der Waals surface area contributed by atoms with Crippen LogP contribution in [0.15, 0.2) is 16.5 Å². The van der Waals surface area contributed by atoms with Crippen LogP contribution in [0.25, 0.3) is 0 Å². The molecule has 27 heavy (non-hydrogen) atoms. The lowest BCUT2D eigenvalue weighted by atomic mass is 10.1. The van der Waals surface area contributed by atoms with Gasteiger partial charge in [-0.25, -0.2) is 9.59 Å². The minimum absolute atomic E-state index is 0.157. The Morgan fingerprint density at radius 3 is 2.48 bits per heavy atom. The fraction of sp³-hybridized carbons (Fsp3) is 0.588. The fourth-order valence-corrected chi connectivity index (χ4v) is 2.62. The molecule has 1 saturated heterocycles. The molecule has 1 atom stereocenters. The molecule has 1 fully saturated rings. The van der Waals surface area contributed by atoms with E-state index in [9.17, 15) is 27.6 Å². The van der Waals surface area contributed by atoms with Gasteiger partial charge in [0.2, 0.25) is 5.76 Å². The van der Waals surface area contributed by atoms with Crippen LogP contribution in [-0.2, 0) is 25.6 Å². The SMILES string of the molecule is CC(C)(C)OC(=O)[C@H]1CCCN1Cc1ccc(C(=O)OC(=O)C(F)(F)F)o1. The fourth-order valence-electron chi connectivity index (χ4n) is 2.62. The van der Waals surface area contributed by atoms with Crippen molar-refractivity contribution in [2.24, 2.45) is 0 Å². The maximum atomic E-state index is 12.3. The summed E-state index contributed by atoms with van der Waals surface area (Å²) in [6.45, 7) is 6.03. The lowest BCUT2D eigenvalue weighted by molar-refractivity contribution is -0.193. The summed E-state index contributed by atoms with van der Waals surface area (Å²) in [4.78, 5) is 36.3. The Morgan fingerprint density at radius 2 is 1.89 bits per heavy atom. The number of carbonyl (C=O) groups excluding carboxylic acids is 3. The summed E-state index contributed by atoms with van der Waals surface area (Å²) in [7, 11) is 0. The van der Waals surface area contributed by atoms with E-state index in [1.54, 1.807) is 25.7 Å². The molecule has 0 radical (unpaired) electrons. The number of esters is 3. The smallest absolute Gasteiger partial charge is 0.459 e. The molecule has 2 heterocycles. The molecule has 0 aliphatic carbocycles. The third kappa shape index (κ3) is 5.81. The number of rotatable bonds is 4. The highest BCUT2D eigenvalue weighted by atomic mass is 19.4. The monoisotopic (exact) mass is 391 g/mol. The summed E-state index contributed by atoms with van der Waals surface area (Å²) in [5.74, 6) is -4.81. The molecule has 1 aromatic rings. The maximum absolute atomic E-state index is 12.3. The molecule has 0 bridgehead atoms. The molecule has 2 rings (SSSR count). The van der Waals surface area contributed by atoms with Crippen LogP contribution in [-0.4, -0.2) is 47.2 Å². The standard InChI is InChI=1S/C17H20F3NO6/c1-16(2,3)27-13(22)11-5-4-8-21(11)9-10-6-7-12(25-10)14(23)26-15(24)17(18,19)20/h6-7,11H,4-5,8-9H2,1-3H3/t11-/m1/s1. The minimum atomic E-state index is -5.28. The van der Waals surface area contributed by atoms with E-state index in [0.717, 1.165) is 12.5 Å². The molecule has 0 aromatic carbocycles. The van der Waals surface area contributed by atoms with Crippen molar-refractivity contribution in [3.63, 3.8) is 0 Å². The predicted molar refractivity (Wildman–Crippen MR) is 84.5 cm³/mol. The van der Waals surface area contributed by atoms with Crippen LogP contribution in [0.1, 0.15) is 49.9 Å². The highest BCUT2D eigenvalue weighted by molar-refractivity contribution is 5.96. The number of likely N-dealkylation sites (tertiary alicyclic amines) is 1. The van der Waals surface area contributed by atoms with Crippen molar-refractivity contribution in [3.05, 3.63) is 23.7 Å². The van der Waals surface area contributed by atoms with E-state index in [2.05, 4.69) is 4.74 Å². The molecule has 0 amide bonds. The Hall–Kier alpha value is -2.36. The second-order valence-corrected chi connectivity index (χ2v) is 7.10. The number of alkyl halides is 3. The van der Waals surface area contributed by atoms with Crippen molar-refractivity contribution in [1.82, 2.24) is 4.90 Å².